The van der Waals surface area contributed by atoms with Crippen molar-refractivity contribution in [1.82, 2.24) is 15.5 Å². The van der Waals surface area contributed by atoms with E-state index in [4.69, 9.17) is 11.2 Å². The Hall–Kier alpha value is -3.19. The van der Waals surface area contributed by atoms with Gasteiger partial charge in [0, 0.05) is 6.04 Å². The molecule has 0 aliphatic carbocycles. The number of amides is 3. The maximum Gasteiger partial charge on any atom is 0.408 e. The number of methoxy groups -OCH3 is 1. The minimum absolute atomic E-state index is 0.265. The van der Waals surface area contributed by atoms with Gasteiger partial charge in [-0.1, -0.05) is 30.2 Å². The highest BCUT2D eigenvalue weighted by Crippen LogP contribution is 2.26. The molecule has 1 aromatic carbocycles. The first kappa shape index (κ1) is 29.8. The van der Waals surface area contributed by atoms with Gasteiger partial charge in [-0.05, 0) is 64.2 Å². The fraction of sp³-hybridized carbons (Fsp3) is 0.520. The second-order valence-corrected chi connectivity index (χ2v) is 9.86. The van der Waals surface area contributed by atoms with Gasteiger partial charge in [-0.25, -0.2) is 4.79 Å². The Morgan fingerprint density at radius 2 is 1.86 bits per heavy atom. The number of alkyl carbamates (subject to hydrolysis) is 1. The maximum atomic E-state index is 13.6. The molecule has 0 saturated carbocycles. The van der Waals surface area contributed by atoms with Crippen LogP contribution < -0.4 is 10.6 Å². The standard InChI is InChI=1S/C25H35N3O6S/c1-9-28(23(31)19(12-13-35-8)27-24(32)34-25(4,5)6)21(22(30)26-15-20(29)33-7)18-14-16(2)10-11-17(18)3/h1,10-11,14,19,21H,12-13,15H2,2-8H3,(H,26,30)(H,27,32). The van der Waals surface area contributed by atoms with Crippen molar-refractivity contribution < 1.29 is 28.7 Å². The summed E-state index contributed by atoms with van der Waals surface area (Å²) < 4.78 is 9.90. The van der Waals surface area contributed by atoms with Crippen molar-refractivity contribution in [3.63, 3.8) is 0 Å². The Morgan fingerprint density at radius 1 is 1.20 bits per heavy atom. The van der Waals surface area contributed by atoms with E-state index >= 15 is 0 Å². The van der Waals surface area contributed by atoms with Crippen LogP contribution in [0.5, 0.6) is 0 Å². The third kappa shape index (κ3) is 9.53. The summed E-state index contributed by atoms with van der Waals surface area (Å²) in [5.41, 5.74) is 1.31. The summed E-state index contributed by atoms with van der Waals surface area (Å²) >= 11 is 1.49. The summed E-state index contributed by atoms with van der Waals surface area (Å²) in [4.78, 5) is 51.9. The van der Waals surface area contributed by atoms with E-state index in [1.807, 2.05) is 25.3 Å². The van der Waals surface area contributed by atoms with Crippen LogP contribution in [0.25, 0.3) is 0 Å². The number of benzene rings is 1. The van der Waals surface area contributed by atoms with E-state index in [1.54, 1.807) is 33.8 Å². The Bertz CT molecular complexity index is 967. The van der Waals surface area contributed by atoms with Crippen LogP contribution in [0, 0.1) is 26.3 Å². The first-order valence-electron chi connectivity index (χ1n) is 11.0. The van der Waals surface area contributed by atoms with Gasteiger partial charge in [-0.15, -0.1) is 0 Å². The molecule has 0 aliphatic rings. The van der Waals surface area contributed by atoms with Crippen molar-refractivity contribution >= 4 is 35.6 Å². The molecule has 0 bridgehead atoms. The molecule has 0 saturated heterocycles. The van der Waals surface area contributed by atoms with E-state index in [9.17, 15) is 19.2 Å². The highest BCUT2D eigenvalue weighted by molar-refractivity contribution is 7.98. The van der Waals surface area contributed by atoms with Gasteiger partial charge >= 0.3 is 12.1 Å². The SMILES string of the molecule is C#CN(C(=O)C(CCSC)NC(=O)OC(C)(C)C)C(C(=O)NCC(=O)OC)c1cc(C)ccc1C. The summed E-state index contributed by atoms with van der Waals surface area (Å²) in [6, 6.07) is 5.48. The maximum absolute atomic E-state index is 13.6. The zero-order chi connectivity index (χ0) is 26.8. The third-order valence-electron chi connectivity index (χ3n) is 4.85. The number of esters is 1. The van der Waals surface area contributed by atoms with Crippen LogP contribution >= 0.6 is 11.8 Å². The van der Waals surface area contributed by atoms with Crippen LogP contribution in [0.4, 0.5) is 4.79 Å². The summed E-state index contributed by atoms with van der Waals surface area (Å²) in [5, 5.41) is 5.07. The molecule has 2 N–H and O–H groups in total. The Labute approximate surface area is 211 Å². The second-order valence-electron chi connectivity index (χ2n) is 8.87. The molecule has 9 nitrogen and oxygen atoms in total. The molecule has 1 rings (SSSR count). The first-order valence-corrected chi connectivity index (χ1v) is 12.4. The number of aryl methyl sites for hydroxylation is 2. The average molecular weight is 506 g/mol. The van der Waals surface area contributed by atoms with E-state index in [0.717, 1.165) is 16.0 Å². The summed E-state index contributed by atoms with van der Waals surface area (Å²) in [5.74, 6) is -1.41. The molecule has 3 amide bonds. The number of nitrogens with zero attached hydrogens (tertiary/aromatic N) is 1. The minimum atomic E-state index is -1.24. The van der Waals surface area contributed by atoms with Crippen LogP contribution in [0.3, 0.4) is 0 Å². The summed E-state index contributed by atoms with van der Waals surface area (Å²) in [7, 11) is 1.20. The number of thioether (sulfide) groups is 1. The van der Waals surface area contributed by atoms with Gasteiger partial charge in [-0.3, -0.25) is 19.3 Å². The fourth-order valence-electron chi connectivity index (χ4n) is 3.16. The quantitative estimate of drug-likeness (QED) is 0.285. The normalized spacial score (nSPS) is 12.5. The molecule has 2 atom stereocenters. The van der Waals surface area contributed by atoms with Gasteiger partial charge in [-0.2, -0.15) is 11.8 Å². The average Bonchev–Trinajstić information content (AvgIpc) is 2.78. The Morgan fingerprint density at radius 3 is 2.40 bits per heavy atom. The molecule has 0 heterocycles. The van der Waals surface area contributed by atoms with Crippen molar-refractivity contribution in [2.24, 2.45) is 0 Å². The molecule has 1 aromatic rings. The molecule has 35 heavy (non-hydrogen) atoms. The lowest BCUT2D eigenvalue weighted by Gasteiger charge is -2.31. The van der Waals surface area contributed by atoms with E-state index < -0.39 is 48.1 Å². The lowest BCUT2D eigenvalue weighted by molar-refractivity contribution is -0.142. The topological polar surface area (TPSA) is 114 Å². The lowest BCUT2D eigenvalue weighted by atomic mass is 9.96. The lowest BCUT2D eigenvalue weighted by Crippen LogP contribution is -2.52. The first-order chi connectivity index (χ1) is 16.3. The van der Waals surface area contributed by atoms with Gasteiger partial charge in [0.1, 0.15) is 24.2 Å². The van der Waals surface area contributed by atoms with Gasteiger partial charge < -0.3 is 20.1 Å². The molecule has 2 unspecified atom stereocenters. The van der Waals surface area contributed by atoms with Crippen LogP contribution in [-0.4, -0.2) is 66.1 Å². The highest BCUT2D eigenvalue weighted by atomic mass is 32.2. The van der Waals surface area contributed by atoms with Crippen LogP contribution in [0.15, 0.2) is 18.2 Å². The minimum Gasteiger partial charge on any atom is -0.468 e. The molecule has 0 spiro atoms. The van der Waals surface area contributed by atoms with Gasteiger partial charge in [0.15, 0.2) is 0 Å². The zero-order valence-corrected chi connectivity index (χ0v) is 22.2. The zero-order valence-electron chi connectivity index (χ0n) is 21.4. The van der Waals surface area contributed by atoms with E-state index in [0.29, 0.717) is 11.3 Å². The summed E-state index contributed by atoms with van der Waals surface area (Å²) in [6.45, 7) is 8.37. The van der Waals surface area contributed by atoms with Crippen molar-refractivity contribution in [2.45, 2.75) is 58.7 Å². The fourth-order valence-corrected chi connectivity index (χ4v) is 3.63. The van der Waals surface area contributed by atoms with Crippen molar-refractivity contribution in [1.29, 1.82) is 0 Å². The van der Waals surface area contributed by atoms with Crippen LogP contribution in [0.1, 0.15) is 49.9 Å². The predicted octanol–water partition coefficient (Wildman–Crippen LogP) is 2.70. The van der Waals surface area contributed by atoms with E-state index in [2.05, 4.69) is 21.4 Å². The number of hydrogen-bond acceptors (Lipinski definition) is 7. The van der Waals surface area contributed by atoms with Gasteiger partial charge in [0.25, 0.3) is 5.91 Å². The van der Waals surface area contributed by atoms with E-state index in [-0.39, 0.29) is 6.42 Å². The number of carbonyl (C=O) groups excluding carboxylic acids is 4. The Kier molecular flexibility index (Phi) is 11.6. The third-order valence-corrected chi connectivity index (χ3v) is 5.49. The molecule has 0 fully saturated rings. The molecule has 0 aliphatic heterocycles. The monoisotopic (exact) mass is 505 g/mol. The number of nitrogens with one attached hydrogen (secondary N) is 2. The van der Waals surface area contributed by atoms with Crippen molar-refractivity contribution in [2.75, 3.05) is 25.7 Å². The van der Waals surface area contributed by atoms with Crippen molar-refractivity contribution in [3.8, 4) is 12.5 Å². The summed E-state index contributed by atoms with van der Waals surface area (Å²) in [6.07, 6.45) is 7.12. The van der Waals surface area contributed by atoms with Gasteiger partial charge in [0.2, 0.25) is 5.91 Å². The predicted molar refractivity (Wildman–Crippen MR) is 136 cm³/mol. The Balaban J connectivity index is 3.41. The van der Waals surface area contributed by atoms with Gasteiger partial charge in [0.05, 0.1) is 7.11 Å². The largest absolute Gasteiger partial charge is 0.468 e. The van der Waals surface area contributed by atoms with Crippen molar-refractivity contribution in [3.05, 3.63) is 34.9 Å². The van der Waals surface area contributed by atoms with Crippen LogP contribution in [-0.2, 0) is 23.9 Å². The number of hydrogen-bond donors (Lipinski definition) is 2. The highest BCUT2D eigenvalue weighted by Gasteiger charge is 2.36. The second kappa shape index (κ2) is 13.6. The molecular formula is C25H35N3O6S. The molecule has 0 radical (unpaired) electrons. The van der Waals surface area contributed by atoms with Crippen LogP contribution in [0.2, 0.25) is 0 Å². The molecule has 192 valence electrons. The van der Waals surface area contributed by atoms with E-state index in [1.165, 1.54) is 18.9 Å². The number of terminal acetylenes is 1. The number of ether oxygens (including phenoxy) is 2. The molecule has 10 heteroatoms. The molecule has 0 aromatic heterocycles. The number of carbonyl (C=O) groups is 4. The smallest absolute Gasteiger partial charge is 0.408 e. The molecular weight excluding hydrogens is 470 g/mol. The number of rotatable bonds is 10.